The molecule has 2 aromatic rings. The maximum absolute atomic E-state index is 13.5. The van der Waals surface area contributed by atoms with Gasteiger partial charge in [-0.05, 0) is 29.8 Å². The van der Waals surface area contributed by atoms with E-state index in [4.69, 9.17) is 5.11 Å². The Balaban J connectivity index is 2.16. The molecule has 0 aliphatic rings. The van der Waals surface area contributed by atoms with Crippen LogP contribution in [0, 0.1) is 5.82 Å². The van der Waals surface area contributed by atoms with Gasteiger partial charge in [0.2, 0.25) is 0 Å². The maximum atomic E-state index is 13.5. The predicted octanol–water partition coefficient (Wildman–Crippen LogP) is 2.71. The van der Waals surface area contributed by atoms with Crippen molar-refractivity contribution in [1.29, 1.82) is 0 Å². The summed E-state index contributed by atoms with van der Waals surface area (Å²) in [6, 6.07) is 12.1. The summed E-state index contributed by atoms with van der Waals surface area (Å²) in [5.41, 5.74) is 0.928. The fourth-order valence-electron chi connectivity index (χ4n) is 1.78. The summed E-state index contributed by atoms with van der Waals surface area (Å²) in [5.74, 6) is -2.13. The molecule has 0 unspecified atom stereocenters. The van der Waals surface area contributed by atoms with Crippen molar-refractivity contribution in [3.8, 4) is 0 Å². The van der Waals surface area contributed by atoms with Gasteiger partial charge in [0.1, 0.15) is 5.82 Å². The topological polar surface area (TPSA) is 66.4 Å². The third kappa shape index (κ3) is 3.41. The quantitative estimate of drug-likeness (QED) is 0.900. The number of carbonyl (C=O) groups is 2. The Morgan fingerprint density at radius 2 is 1.85 bits per heavy atom. The molecule has 0 aliphatic carbocycles. The van der Waals surface area contributed by atoms with Crippen LogP contribution in [-0.4, -0.2) is 17.0 Å². The molecule has 0 saturated carbocycles. The van der Waals surface area contributed by atoms with E-state index in [9.17, 15) is 14.0 Å². The third-order valence-electron chi connectivity index (χ3n) is 2.66. The summed E-state index contributed by atoms with van der Waals surface area (Å²) in [6.45, 7) is 0. The van der Waals surface area contributed by atoms with Crippen LogP contribution in [0.4, 0.5) is 10.1 Å². The molecule has 4 nitrogen and oxygen atoms in total. The lowest BCUT2D eigenvalue weighted by Crippen LogP contribution is -2.13. The van der Waals surface area contributed by atoms with Gasteiger partial charge >= 0.3 is 5.97 Å². The van der Waals surface area contributed by atoms with Crippen molar-refractivity contribution < 1.29 is 19.1 Å². The van der Waals surface area contributed by atoms with Crippen molar-refractivity contribution in [2.24, 2.45) is 0 Å². The van der Waals surface area contributed by atoms with Crippen LogP contribution in [0.1, 0.15) is 15.9 Å². The number of hydrogen-bond donors (Lipinski definition) is 2. The molecule has 0 bridgehead atoms. The van der Waals surface area contributed by atoms with E-state index >= 15 is 0 Å². The molecule has 0 saturated heterocycles. The number of rotatable bonds is 4. The van der Waals surface area contributed by atoms with Crippen LogP contribution in [0.25, 0.3) is 0 Å². The van der Waals surface area contributed by atoms with Gasteiger partial charge in [-0.15, -0.1) is 0 Å². The Kier molecular flexibility index (Phi) is 4.10. The summed E-state index contributed by atoms with van der Waals surface area (Å²) < 4.78 is 13.5. The SMILES string of the molecule is O=C(O)Cc1cccc(NC(=O)c2ccccc2F)c1. The Morgan fingerprint density at radius 1 is 1.10 bits per heavy atom. The molecule has 0 atom stereocenters. The van der Waals surface area contributed by atoms with Crippen LogP contribution in [0.2, 0.25) is 0 Å². The first-order valence-electron chi connectivity index (χ1n) is 5.93. The highest BCUT2D eigenvalue weighted by Crippen LogP contribution is 2.14. The van der Waals surface area contributed by atoms with Crippen LogP contribution in [0.3, 0.4) is 0 Å². The van der Waals surface area contributed by atoms with Crippen molar-refractivity contribution >= 4 is 17.6 Å². The second kappa shape index (κ2) is 5.97. The van der Waals surface area contributed by atoms with Crippen molar-refractivity contribution in [2.45, 2.75) is 6.42 Å². The summed E-state index contributed by atoms with van der Waals surface area (Å²) in [7, 11) is 0. The zero-order chi connectivity index (χ0) is 14.5. The fraction of sp³-hybridized carbons (Fsp3) is 0.0667. The largest absolute Gasteiger partial charge is 0.481 e. The Bertz CT molecular complexity index is 655. The number of nitrogens with one attached hydrogen (secondary N) is 1. The number of carboxylic acid groups (broad SMARTS) is 1. The highest BCUT2D eigenvalue weighted by molar-refractivity contribution is 6.04. The molecule has 2 rings (SSSR count). The lowest BCUT2D eigenvalue weighted by atomic mass is 10.1. The Morgan fingerprint density at radius 3 is 2.55 bits per heavy atom. The van der Waals surface area contributed by atoms with Crippen molar-refractivity contribution in [1.82, 2.24) is 0 Å². The van der Waals surface area contributed by atoms with Gasteiger partial charge in [-0.25, -0.2) is 4.39 Å². The first-order valence-corrected chi connectivity index (χ1v) is 5.93. The molecule has 0 fully saturated rings. The van der Waals surface area contributed by atoms with E-state index < -0.39 is 17.7 Å². The minimum atomic E-state index is -0.956. The van der Waals surface area contributed by atoms with Crippen molar-refractivity contribution in [3.05, 3.63) is 65.5 Å². The normalized spacial score (nSPS) is 10.1. The van der Waals surface area contributed by atoms with E-state index in [0.717, 1.165) is 0 Å². The maximum Gasteiger partial charge on any atom is 0.307 e. The molecule has 2 N–H and O–H groups in total. The van der Waals surface area contributed by atoms with Crippen molar-refractivity contribution in [3.63, 3.8) is 0 Å². The molecular formula is C15H12FNO3. The van der Waals surface area contributed by atoms with E-state index in [2.05, 4.69) is 5.32 Å². The average Bonchev–Trinajstić information content (AvgIpc) is 2.38. The molecule has 2 aromatic carbocycles. The second-order valence-electron chi connectivity index (χ2n) is 4.20. The monoisotopic (exact) mass is 273 g/mol. The highest BCUT2D eigenvalue weighted by Gasteiger charge is 2.11. The first kappa shape index (κ1) is 13.7. The fourth-order valence-corrected chi connectivity index (χ4v) is 1.78. The van der Waals surface area contributed by atoms with E-state index in [1.165, 1.54) is 18.2 Å². The number of amides is 1. The van der Waals surface area contributed by atoms with Gasteiger partial charge in [-0.1, -0.05) is 24.3 Å². The summed E-state index contributed by atoms with van der Waals surface area (Å²) in [5, 5.41) is 11.3. The Labute approximate surface area is 114 Å². The molecule has 1 amide bonds. The molecule has 0 spiro atoms. The highest BCUT2D eigenvalue weighted by atomic mass is 19.1. The number of benzene rings is 2. The Hall–Kier alpha value is -2.69. The number of halogens is 1. The molecule has 0 aliphatic heterocycles. The second-order valence-corrected chi connectivity index (χ2v) is 4.20. The van der Waals surface area contributed by atoms with Crippen LogP contribution >= 0.6 is 0 Å². The van der Waals surface area contributed by atoms with Gasteiger partial charge < -0.3 is 10.4 Å². The number of carbonyl (C=O) groups excluding carboxylic acids is 1. The van der Waals surface area contributed by atoms with E-state index in [-0.39, 0.29) is 12.0 Å². The van der Waals surface area contributed by atoms with Gasteiger partial charge in [-0.2, -0.15) is 0 Å². The first-order chi connectivity index (χ1) is 9.56. The molecule has 0 aromatic heterocycles. The molecular weight excluding hydrogens is 261 g/mol. The summed E-state index contributed by atoms with van der Waals surface area (Å²) in [4.78, 5) is 22.5. The number of anilines is 1. The smallest absolute Gasteiger partial charge is 0.307 e. The molecule has 20 heavy (non-hydrogen) atoms. The van der Waals surface area contributed by atoms with Gasteiger partial charge in [0.05, 0.1) is 12.0 Å². The van der Waals surface area contributed by atoms with Gasteiger partial charge in [-0.3, -0.25) is 9.59 Å². The van der Waals surface area contributed by atoms with Crippen LogP contribution in [0.5, 0.6) is 0 Å². The lowest BCUT2D eigenvalue weighted by molar-refractivity contribution is -0.136. The standard InChI is InChI=1S/C15H12FNO3/c16-13-7-2-1-6-12(13)15(20)17-11-5-3-4-10(8-11)9-14(18)19/h1-8H,9H2,(H,17,20)(H,18,19). The van der Waals surface area contributed by atoms with Crippen LogP contribution in [-0.2, 0) is 11.2 Å². The number of hydrogen-bond acceptors (Lipinski definition) is 2. The zero-order valence-electron chi connectivity index (χ0n) is 10.5. The van der Waals surface area contributed by atoms with Gasteiger partial charge in [0.25, 0.3) is 5.91 Å². The van der Waals surface area contributed by atoms with Crippen LogP contribution < -0.4 is 5.32 Å². The van der Waals surface area contributed by atoms with E-state index in [1.807, 2.05) is 0 Å². The average molecular weight is 273 g/mol. The molecule has 102 valence electrons. The lowest BCUT2D eigenvalue weighted by Gasteiger charge is -2.07. The zero-order valence-corrected chi connectivity index (χ0v) is 10.5. The van der Waals surface area contributed by atoms with Gasteiger partial charge in [0.15, 0.2) is 0 Å². The number of aliphatic carboxylic acids is 1. The minimum Gasteiger partial charge on any atom is -0.481 e. The predicted molar refractivity (Wildman–Crippen MR) is 72.1 cm³/mol. The van der Waals surface area contributed by atoms with E-state index in [0.29, 0.717) is 11.3 Å². The van der Waals surface area contributed by atoms with Crippen LogP contribution in [0.15, 0.2) is 48.5 Å². The summed E-state index contributed by atoms with van der Waals surface area (Å²) in [6.07, 6.45) is -0.136. The molecule has 5 heteroatoms. The minimum absolute atomic E-state index is 0.0591. The van der Waals surface area contributed by atoms with E-state index in [1.54, 1.807) is 30.3 Å². The third-order valence-corrected chi connectivity index (χ3v) is 2.66. The number of carboxylic acids is 1. The summed E-state index contributed by atoms with van der Waals surface area (Å²) >= 11 is 0. The molecule has 0 radical (unpaired) electrons. The van der Waals surface area contributed by atoms with Gasteiger partial charge in [0, 0.05) is 5.69 Å². The molecule has 0 heterocycles. The van der Waals surface area contributed by atoms with Crippen molar-refractivity contribution in [2.75, 3.05) is 5.32 Å².